The molecule has 190 valence electrons. The number of hydrogen-bond donors (Lipinski definition) is 1. The fourth-order valence-electron chi connectivity index (χ4n) is 4.27. The molecule has 8 nitrogen and oxygen atoms in total. The Labute approximate surface area is 220 Å². The first kappa shape index (κ1) is 25.1. The van der Waals surface area contributed by atoms with Crippen LogP contribution in [0.1, 0.15) is 24.8 Å². The standard InChI is InChI=1S/C27H25ClN4O4S/c28-22-13-15-23(16-14-22)37(34,35)32(24-8-4-5-17-29-25(24)33)18-19-9-11-21(12-10-19)27-31-30-26(36-27)20-6-2-1-3-7-20/h1-3,6-7,9-16,24H,4-5,8,17-18H2,(H,29,33)/t24-/m1/s1. The lowest BCUT2D eigenvalue weighted by Gasteiger charge is -2.29. The van der Waals surface area contributed by atoms with Crippen molar-refractivity contribution in [1.29, 1.82) is 0 Å². The number of hydrogen-bond acceptors (Lipinski definition) is 6. The maximum atomic E-state index is 13.7. The Morgan fingerprint density at radius 1 is 0.892 bits per heavy atom. The molecule has 4 aromatic rings. The highest BCUT2D eigenvalue weighted by Gasteiger charge is 2.36. The largest absolute Gasteiger partial charge is 0.416 e. The second-order valence-corrected chi connectivity index (χ2v) is 11.1. The molecule has 2 heterocycles. The molecule has 1 amide bonds. The van der Waals surface area contributed by atoms with Gasteiger partial charge in [-0.15, -0.1) is 10.2 Å². The van der Waals surface area contributed by atoms with Crippen LogP contribution in [0, 0.1) is 0 Å². The summed E-state index contributed by atoms with van der Waals surface area (Å²) in [5.41, 5.74) is 2.25. The topological polar surface area (TPSA) is 105 Å². The van der Waals surface area contributed by atoms with Crippen LogP contribution < -0.4 is 5.32 Å². The Kier molecular flexibility index (Phi) is 7.36. The normalized spacial score (nSPS) is 16.4. The van der Waals surface area contributed by atoms with Crippen molar-refractivity contribution in [2.45, 2.75) is 36.7 Å². The maximum Gasteiger partial charge on any atom is 0.248 e. The average molecular weight is 537 g/mol. The zero-order valence-electron chi connectivity index (χ0n) is 19.9. The van der Waals surface area contributed by atoms with Crippen molar-refractivity contribution in [2.24, 2.45) is 0 Å². The number of rotatable bonds is 7. The first-order valence-corrected chi connectivity index (χ1v) is 13.8. The van der Waals surface area contributed by atoms with Crippen LogP contribution in [0.4, 0.5) is 0 Å². The van der Waals surface area contributed by atoms with Crippen LogP contribution in [0.2, 0.25) is 5.02 Å². The third kappa shape index (κ3) is 5.58. The molecule has 10 heteroatoms. The molecule has 1 aliphatic rings. The van der Waals surface area contributed by atoms with Crippen molar-refractivity contribution >= 4 is 27.5 Å². The molecule has 0 aliphatic carbocycles. The van der Waals surface area contributed by atoms with Gasteiger partial charge in [-0.1, -0.05) is 41.9 Å². The molecule has 1 saturated heterocycles. The van der Waals surface area contributed by atoms with Crippen LogP contribution in [-0.4, -0.2) is 41.4 Å². The zero-order valence-corrected chi connectivity index (χ0v) is 21.5. The molecule has 5 rings (SSSR count). The van der Waals surface area contributed by atoms with Crippen LogP contribution in [0.25, 0.3) is 22.9 Å². The Morgan fingerprint density at radius 3 is 2.22 bits per heavy atom. The van der Waals surface area contributed by atoms with E-state index >= 15 is 0 Å². The van der Waals surface area contributed by atoms with Gasteiger partial charge in [0.25, 0.3) is 0 Å². The third-order valence-electron chi connectivity index (χ3n) is 6.26. The molecule has 0 spiro atoms. The van der Waals surface area contributed by atoms with E-state index in [1.807, 2.05) is 30.3 Å². The van der Waals surface area contributed by atoms with Crippen molar-refractivity contribution in [2.75, 3.05) is 6.54 Å². The SMILES string of the molecule is O=C1NCCCC[C@H]1N(Cc1ccc(-c2nnc(-c3ccccc3)o2)cc1)S(=O)(=O)c1ccc(Cl)cc1. The third-order valence-corrected chi connectivity index (χ3v) is 8.38. The molecular weight excluding hydrogens is 512 g/mol. The fraction of sp³-hybridized carbons (Fsp3) is 0.222. The molecule has 0 unspecified atom stereocenters. The number of amides is 1. The molecule has 0 saturated carbocycles. The first-order valence-electron chi connectivity index (χ1n) is 12.0. The second-order valence-electron chi connectivity index (χ2n) is 8.78. The molecule has 1 atom stereocenters. The van der Waals surface area contributed by atoms with E-state index < -0.39 is 16.1 Å². The second kappa shape index (κ2) is 10.8. The van der Waals surface area contributed by atoms with Gasteiger partial charge in [0.1, 0.15) is 6.04 Å². The molecule has 1 aliphatic heterocycles. The summed E-state index contributed by atoms with van der Waals surface area (Å²) in [5, 5.41) is 11.6. The lowest BCUT2D eigenvalue weighted by atomic mass is 10.1. The summed E-state index contributed by atoms with van der Waals surface area (Å²) in [6, 6.07) is 21.9. The summed E-state index contributed by atoms with van der Waals surface area (Å²) < 4.78 is 34.5. The summed E-state index contributed by atoms with van der Waals surface area (Å²) in [5.74, 6) is 0.490. The van der Waals surface area contributed by atoms with E-state index in [9.17, 15) is 13.2 Å². The predicted octanol–water partition coefficient (Wildman–Crippen LogP) is 4.92. The van der Waals surface area contributed by atoms with Gasteiger partial charge in [-0.3, -0.25) is 4.79 Å². The van der Waals surface area contributed by atoms with E-state index in [4.69, 9.17) is 16.0 Å². The number of carbonyl (C=O) groups is 1. The molecule has 3 aromatic carbocycles. The van der Waals surface area contributed by atoms with Gasteiger partial charge >= 0.3 is 0 Å². The Balaban J connectivity index is 1.43. The fourth-order valence-corrected chi connectivity index (χ4v) is 6.00. The molecule has 1 aromatic heterocycles. The van der Waals surface area contributed by atoms with Gasteiger partial charge in [0.05, 0.1) is 4.90 Å². The quantitative estimate of drug-likeness (QED) is 0.359. The van der Waals surface area contributed by atoms with Gasteiger partial charge in [0, 0.05) is 29.2 Å². The maximum absolute atomic E-state index is 13.7. The minimum atomic E-state index is -3.98. The van der Waals surface area contributed by atoms with Crippen molar-refractivity contribution in [3.63, 3.8) is 0 Å². The summed E-state index contributed by atoms with van der Waals surface area (Å²) in [6.07, 6.45) is 2.00. The van der Waals surface area contributed by atoms with E-state index in [1.54, 1.807) is 24.3 Å². The Morgan fingerprint density at radius 2 is 1.54 bits per heavy atom. The highest BCUT2D eigenvalue weighted by molar-refractivity contribution is 7.89. The highest BCUT2D eigenvalue weighted by Crippen LogP contribution is 2.28. The lowest BCUT2D eigenvalue weighted by molar-refractivity contribution is -0.124. The highest BCUT2D eigenvalue weighted by atomic mass is 35.5. The van der Waals surface area contributed by atoms with Crippen molar-refractivity contribution in [3.8, 4) is 22.9 Å². The first-order chi connectivity index (χ1) is 17.9. The van der Waals surface area contributed by atoms with Crippen LogP contribution in [0.3, 0.4) is 0 Å². The average Bonchev–Trinajstić information content (AvgIpc) is 3.32. The molecule has 0 radical (unpaired) electrons. The number of benzene rings is 3. The van der Waals surface area contributed by atoms with E-state index in [0.29, 0.717) is 35.3 Å². The van der Waals surface area contributed by atoms with Crippen molar-refractivity contribution < 1.29 is 17.6 Å². The van der Waals surface area contributed by atoms with Gasteiger partial charge in [-0.25, -0.2) is 8.42 Å². The molecular formula is C27H25ClN4O4S. The van der Waals surface area contributed by atoms with E-state index in [-0.39, 0.29) is 17.3 Å². The number of aromatic nitrogens is 2. The van der Waals surface area contributed by atoms with Crippen molar-refractivity contribution in [3.05, 3.63) is 89.4 Å². The summed E-state index contributed by atoms with van der Waals surface area (Å²) in [4.78, 5) is 13.0. The minimum Gasteiger partial charge on any atom is -0.416 e. The van der Waals surface area contributed by atoms with Crippen LogP contribution >= 0.6 is 11.6 Å². The smallest absolute Gasteiger partial charge is 0.248 e. The van der Waals surface area contributed by atoms with Crippen LogP contribution in [-0.2, 0) is 21.4 Å². The van der Waals surface area contributed by atoms with Crippen LogP contribution in [0.5, 0.6) is 0 Å². The molecule has 0 bridgehead atoms. The monoisotopic (exact) mass is 536 g/mol. The number of halogens is 1. The van der Waals surface area contributed by atoms with Gasteiger partial charge in [-0.2, -0.15) is 4.31 Å². The number of sulfonamides is 1. The van der Waals surface area contributed by atoms with E-state index in [0.717, 1.165) is 24.0 Å². The van der Waals surface area contributed by atoms with Gasteiger partial charge in [0.2, 0.25) is 27.7 Å². The number of carbonyl (C=O) groups excluding carboxylic acids is 1. The molecule has 1 fully saturated rings. The molecule has 37 heavy (non-hydrogen) atoms. The van der Waals surface area contributed by atoms with E-state index in [2.05, 4.69) is 15.5 Å². The minimum absolute atomic E-state index is 0.0302. The Bertz CT molecular complexity index is 1470. The predicted molar refractivity (Wildman–Crippen MR) is 140 cm³/mol. The van der Waals surface area contributed by atoms with Gasteiger partial charge in [-0.05, 0) is 73.4 Å². The summed E-state index contributed by atoms with van der Waals surface area (Å²) in [7, 11) is -3.98. The van der Waals surface area contributed by atoms with Gasteiger partial charge < -0.3 is 9.73 Å². The summed E-state index contributed by atoms with van der Waals surface area (Å²) in [6.45, 7) is 0.566. The Hall–Kier alpha value is -3.53. The number of nitrogens with one attached hydrogen (secondary N) is 1. The number of nitrogens with zero attached hydrogens (tertiary/aromatic N) is 3. The zero-order chi connectivity index (χ0) is 25.8. The van der Waals surface area contributed by atoms with Crippen LogP contribution in [0.15, 0.2) is 88.2 Å². The lowest BCUT2D eigenvalue weighted by Crippen LogP contribution is -2.48. The summed E-state index contributed by atoms with van der Waals surface area (Å²) >= 11 is 5.98. The van der Waals surface area contributed by atoms with E-state index in [1.165, 1.54) is 28.6 Å². The van der Waals surface area contributed by atoms with Crippen molar-refractivity contribution in [1.82, 2.24) is 19.8 Å². The molecule has 1 N–H and O–H groups in total. The van der Waals surface area contributed by atoms with Gasteiger partial charge in [0.15, 0.2) is 0 Å².